The highest BCUT2D eigenvalue weighted by atomic mass is 32.1. The van der Waals surface area contributed by atoms with Gasteiger partial charge in [0.25, 0.3) is 0 Å². The number of amides is 2. The molecule has 21 heavy (non-hydrogen) atoms. The zero-order chi connectivity index (χ0) is 15.0. The number of thiophene rings is 1. The molecule has 0 spiro atoms. The number of rotatable bonds is 3. The number of hydrogen-bond acceptors (Lipinski definition) is 3. The van der Waals surface area contributed by atoms with Crippen molar-refractivity contribution in [1.82, 2.24) is 10.2 Å². The van der Waals surface area contributed by atoms with E-state index in [0.29, 0.717) is 13.0 Å². The van der Waals surface area contributed by atoms with Gasteiger partial charge in [0.05, 0.1) is 6.54 Å². The van der Waals surface area contributed by atoms with Crippen molar-refractivity contribution in [2.75, 3.05) is 6.54 Å². The Bertz CT molecular complexity index is 709. The van der Waals surface area contributed by atoms with Gasteiger partial charge in [-0.05, 0) is 35.7 Å². The molecule has 0 radical (unpaired) electrons. The largest absolute Gasteiger partial charge is 0.345 e. The van der Waals surface area contributed by atoms with Gasteiger partial charge in [0, 0.05) is 11.2 Å². The molecule has 2 heterocycles. The minimum absolute atomic E-state index is 0.0192. The third-order valence-corrected chi connectivity index (χ3v) is 5.38. The molecule has 1 aliphatic rings. The van der Waals surface area contributed by atoms with E-state index >= 15 is 0 Å². The fourth-order valence-electron chi connectivity index (χ4n) is 2.78. The molecule has 4 nitrogen and oxygen atoms in total. The van der Waals surface area contributed by atoms with Gasteiger partial charge in [0.2, 0.25) is 11.8 Å². The summed E-state index contributed by atoms with van der Waals surface area (Å²) in [7, 11) is 0. The minimum atomic E-state index is -0.766. The van der Waals surface area contributed by atoms with Crippen molar-refractivity contribution < 1.29 is 9.59 Å². The van der Waals surface area contributed by atoms with Crippen LogP contribution >= 0.6 is 11.3 Å². The molecule has 3 rings (SSSR count). The van der Waals surface area contributed by atoms with Crippen LogP contribution in [0.5, 0.6) is 0 Å². The van der Waals surface area contributed by atoms with Crippen LogP contribution in [0.15, 0.2) is 29.6 Å². The number of nitrogens with zero attached hydrogens (tertiary/aromatic N) is 1. The fraction of sp³-hybridized carbons (Fsp3) is 0.375. The average Bonchev–Trinajstić information content (AvgIpc) is 2.91. The molecule has 1 N–H and O–H groups in total. The van der Waals surface area contributed by atoms with Crippen LogP contribution in [0.2, 0.25) is 0 Å². The molecule has 0 bridgehead atoms. The first kappa shape index (κ1) is 14.1. The number of fused-ring (bicyclic) bond motifs is 1. The second-order valence-corrected chi connectivity index (χ2v) is 6.46. The molecule has 1 aliphatic heterocycles. The zero-order valence-corrected chi connectivity index (χ0v) is 13.0. The molecule has 1 aromatic heterocycles. The van der Waals surface area contributed by atoms with E-state index in [4.69, 9.17) is 0 Å². The number of nitrogens with one attached hydrogen (secondary N) is 1. The van der Waals surface area contributed by atoms with Crippen molar-refractivity contribution in [2.45, 2.75) is 32.4 Å². The Kier molecular flexibility index (Phi) is 3.45. The summed E-state index contributed by atoms with van der Waals surface area (Å²) in [5.41, 5.74) is 0.344. The molecule has 1 fully saturated rings. The lowest BCUT2D eigenvalue weighted by Crippen LogP contribution is -2.65. The quantitative estimate of drug-likeness (QED) is 0.947. The average molecular weight is 302 g/mol. The van der Waals surface area contributed by atoms with E-state index in [-0.39, 0.29) is 18.4 Å². The molecule has 1 atom stereocenters. The van der Waals surface area contributed by atoms with Gasteiger partial charge in [0.15, 0.2) is 0 Å². The molecular formula is C16H18N2O2S. The van der Waals surface area contributed by atoms with Crippen LogP contribution in [0.3, 0.4) is 0 Å². The maximum absolute atomic E-state index is 12.3. The highest BCUT2D eigenvalue weighted by molar-refractivity contribution is 7.17. The fourth-order valence-corrected chi connectivity index (χ4v) is 3.73. The number of benzene rings is 1. The lowest BCUT2D eigenvalue weighted by atomic mass is 9.92. The second kappa shape index (κ2) is 5.15. The topological polar surface area (TPSA) is 49.4 Å². The molecule has 2 aromatic rings. The predicted molar refractivity (Wildman–Crippen MR) is 84.1 cm³/mol. The highest BCUT2D eigenvalue weighted by Gasteiger charge is 2.44. The van der Waals surface area contributed by atoms with Gasteiger partial charge in [-0.2, -0.15) is 0 Å². The molecule has 110 valence electrons. The van der Waals surface area contributed by atoms with E-state index in [1.54, 1.807) is 16.2 Å². The maximum Gasteiger partial charge on any atom is 0.246 e. The number of carbonyl (C=O) groups excluding carboxylic acids is 2. The predicted octanol–water partition coefficient (Wildman–Crippen LogP) is 2.53. The van der Waals surface area contributed by atoms with Crippen molar-refractivity contribution in [1.29, 1.82) is 0 Å². The van der Waals surface area contributed by atoms with Crippen molar-refractivity contribution in [3.8, 4) is 0 Å². The normalized spacial score (nSPS) is 22.7. The van der Waals surface area contributed by atoms with Crippen molar-refractivity contribution in [2.24, 2.45) is 0 Å². The Balaban J connectivity index is 1.98. The molecule has 0 saturated carbocycles. The summed E-state index contributed by atoms with van der Waals surface area (Å²) in [5.74, 6) is -0.0848. The number of piperazine rings is 1. The van der Waals surface area contributed by atoms with E-state index in [2.05, 4.69) is 22.8 Å². The van der Waals surface area contributed by atoms with E-state index < -0.39 is 5.54 Å². The molecule has 1 unspecified atom stereocenters. The van der Waals surface area contributed by atoms with Crippen LogP contribution in [0.25, 0.3) is 10.1 Å². The van der Waals surface area contributed by atoms with Gasteiger partial charge in [-0.25, -0.2) is 0 Å². The van der Waals surface area contributed by atoms with Gasteiger partial charge in [-0.15, -0.1) is 11.3 Å². The zero-order valence-electron chi connectivity index (χ0n) is 12.2. The van der Waals surface area contributed by atoms with Crippen molar-refractivity contribution >= 4 is 33.2 Å². The SMILES string of the molecule is CCC1(C)C(=O)NCC(=O)N1Cc1csc2ccccc12. The third kappa shape index (κ3) is 2.21. The van der Waals surface area contributed by atoms with Crippen LogP contribution in [0.4, 0.5) is 0 Å². The first-order chi connectivity index (χ1) is 10.1. The molecule has 5 heteroatoms. The van der Waals surface area contributed by atoms with Gasteiger partial charge >= 0.3 is 0 Å². The molecule has 2 amide bonds. The van der Waals surface area contributed by atoms with Crippen LogP contribution in [-0.4, -0.2) is 28.8 Å². The monoisotopic (exact) mass is 302 g/mol. The molecule has 0 aliphatic carbocycles. The molecule has 1 saturated heterocycles. The van der Waals surface area contributed by atoms with Crippen molar-refractivity contribution in [3.63, 3.8) is 0 Å². The molecule has 1 aromatic carbocycles. The Labute approximate surface area is 127 Å². The third-order valence-electron chi connectivity index (χ3n) is 4.36. The van der Waals surface area contributed by atoms with E-state index in [1.807, 2.05) is 26.0 Å². The van der Waals surface area contributed by atoms with Gasteiger partial charge < -0.3 is 10.2 Å². The van der Waals surface area contributed by atoms with Crippen molar-refractivity contribution in [3.05, 3.63) is 35.2 Å². The van der Waals surface area contributed by atoms with E-state index in [9.17, 15) is 9.59 Å². The maximum atomic E-state index is 12.3. The lowest BCUT2D eigenvalue weighted by Gasteiger charge is -2.43. The summed E-state index contributed by atoms with van der Waals surface area (Å²) in [4.78, 5) is 26.2. The van der Waals surface area contributed by atoms with Gasteiger partial charge in [-0.3, -0.25) is 9.59 Å². The summed E-state index contributed by atoms with van der Waals surface area (Å²) in [6.45, 7) is 4.36. The first-order valence-corrected chi connectivity index (χ1v) is 7.98. The Morgan fingerprint density at radius 2 is 2.10 bits per heavy atom. The van der Waals surface area contributed by atoms with Crippen LogP contribution in [0.1, 0.15) is 25.8 Å². The summed E-state index contributed by atoms with van der Waals surface area (Å²) < 4.78 is 1.21. The van der Waals surface area contributed by atoms with E-state index in [1.165, 1.54) is 10.1 Å². The van der Waals surface area contributed by atoms with Crippen LogP contribution < -0.4 is 5.32 Å². The smallest absolute Gasteiger partial charge is 0.246 e. The summed E-state index contributed by atoms with van der Waals surface area (Å²) >= 11 is 1.67. The summed E-state index contributed by atoms with van der Waals surface area (Å²) in [5, 5.41) is 5.94. The first-order valence-electron chi connectivity index (χ1n) is 7.10. The second-order valence-electron chi connectivity index (χ2n) is 5.55. The van der Waals surface area contributed by atoms with Crippen LogP contribution in [0, 0.1) is 0 Å². The summed E-state index contributed by atoms with van der Waals surface area (Å²) in [6.07, 6.45) is 0.604. The Hall–Kier alpha value is -1.88. The summed E-state index contributed by atoms with van der Waals surface area (Å²) in [6, 6.07) is 8.16. The van der Waals surface area contributed by atoms with Gasteiger partial charge in [-0.1, -0.05) is 25.1 Å². The number of hydrogen-bond donors (Lipinski definition) is 1. The minimum Gasteiger partial charge on any atom is -0.345 e. The van der Waals surface area contributed by atoms with E-state index in [0.717, 1.165) is 5.56 Å². The van der Waals surface area contributed by atoms with Gasteiger partial charge in [0.1, 0.15) is 5.54 Å². The Morgan fingerprint density at radius 1 is 1.33 bits per heavy atom. The van der Waals surface area contributed by atoms with Crippen LogP contribution in [-0.2, 0) is 16.1 Å². The molecular weight excluding hydrogens is 284 g/mol. The Morgan fingerprint density at radius 3 is 2.86 bits per heavy atom. The lowest BCUT2D eigenvalue weighted by molar-refractivity contribution is -0.153. The number of carbonyl (C=O) groups is 2. The standard InChI is InChI=1S/C16H18N2O2S/c1-3-16(2)15(20)17-8-14(19)18(16)9-11-10-21-13-7-5-4-6-12(11)13/h4-7,10H,3,8-9H2,1-2H3,(H,17,20). The highest BCUT2D eigenvalue weighted by Crippen LogP contribution is 2.30.